The number of hydrogen-bond acceptors (Lipinski definition) is 6. The molecule has 2 aromatic rings. The van der Waals surface area contributed by atoms with E-state index in [1.165, 1.54) is 0 Å². The van der Waals surface area contributed by atoms with Gasteiger partial charge in [-0.1, -0.05) is 30.3 Å². The fourth-order valence-electron chi connectivity index (χ4n) is 3.92. The van der Waals surface area contributed by atoms with Gasteiger partial charge in [0.05, 0.1) is 18.2 Å². The van der Waals surface area contributed by atoms with E-state index in [-0.39, 0.29) is 18.8 Å². The first kappa shape index (κ1) is 24.0. The van der Waals surface area contributed by atoms with Crippen LogP contribution in [0.2, 0.25) is 5.02 Å². The monoisotopic (exact) mass is 485 g/mol. The van der Waals surface area contributed by atoms with Gasteiger partial charge in [0.25, 0.3) is 0 Å². The number of rotatable bonds is 10. The van der Waals surface area contributed by atoms with E-state index in [2.05, 4.69) is 6.58 Å². The maximum Gasteiger partial charge on any atom is 0.246 e. The number of hydrogen-bond donors (Lipinski definition) is 0. The maximum absolute atomic E-state index is 13.2. The van der Waals surface area contributed by atoms with Gasteiger partial charge in [0.1, 0.15) is 6.61 Å². The molecule has 8 heteroatoms. The normalized spacial score (nSPS) is 16.6. The smallest absolute Gasteiger partial charge is 0.246 e. The van der Waals surface area contributed by atoms with Crippen LogP contribution in [-0.2, 0) is 16.1 Å². The van der Waals surface area contributed by atoms with Crippen molar-refractivity contribution in [2.24, 2.45) is 0 Å². The lowest BCUT2D eigenvalue weighted by molar-refractivity contribution is -0.128. The quantitative estimate of drug-likeness (QED) is 0.353. The number of amides is 1. The number of ether oxygens (including phenoxy) is 5. The van der Waals surface area contributed by atoms with E-state index in [1.54, 1.807) is 42.4 Å². The summed E-state index contributed by atoms with van der Waals surface area (Å²) < 4.78 is 27.7. The molecule has 1 fully saturated rings. The average Bonchev–Trinajstić information content (AvgIpc) is 3.53. The summed E-state index contributed by atoms with van der Waals surface area (Å²) in [5, 5.41) is 0.448. The molecule has 7 nitrogen and oxygen atoms in total. The zero-order chi connectivity index (χ0) is 23.9. The fraction of sp³-hybridized carbons (Fsp3) is 0.346. The van der Waals surface area contributed by atoms with Crippen LogP contribution < -0.4 is 18.9 Å². The molecule has 1 unspecified atom stereocenters. The molecule has 34 heavy (non-hydrogen) atoms. The summed E-state index contributed by atoms with van der Waals surface area (Å²) in [5.41, 5.74) is 1.68. The maximum atomic E-state index is 13.2. The number of methoxy groups -OCH3 is 1. The van der Waals surface area contributed by atoms with Crippen molar-refractivity contribution >= 4 is 23.6 Å². The molecule has 1 atom stereocenters. The molecule has 0 aromatic heterocycles. The van der Waals surface area contributed by atoms with Crippen molar-refractivity contribution in [3.63, 3.8) is 0 Å². The summed E-state index contributed by atoms with van der Waals surface area (Å²) >= 11 is 6.27. The number of fused-ring (bicyclic) bond motifs is 1. The number of halogens is 1. The van der Waals surface area contributed by atoms with Gasteiger partial charge in [-0.2, -0.15) is 0 Å². The van der Waals surface area contributed by atoms with Gasteiger partial charge in [0.15, 0.2) is 23.0 Å². The van der Waals surface area contributed by atoms with E-state index in [1.807, 2.05) is 18.2 Å². The van der Waals surface area contributed by atoms with Gasteiger partial charge in [0, 0.05) is 25.8 Å². The Balaban J connectivity index is 1.51. The number of carbonyl (C=O) groups is 1. The molecule has 1 amide bonds. The second-order valence-corrected chi connectivity index (χ2v) is 8.42. The summed E-state index contributed by atoms with van der Waals surface area (Å²) in [6.45, 7) is 5.82. The average molecular weight is 486 g/mol. The van der Waals surface area contributed by atoms with Gasteiger partial charge in [-0.05, 0) is 54.3 Å². The third-order valence-corrected chi connectivity index (χ3v) is 5.87. The van der Waals surface area contributed by atoms with E-state index in [9.17, 15) is 4.79 Å². The van der Waals surface area contributed by atoms with Crippen LogP contribution >= 0.6 is 11.6 Å². The second-order valence-electron chi connectivity index (χ2n) is 8.01. The highest BCUT2D eigenvalue weighted by atomic mass is 35.5. The Morgan fingerprint density at radius 2 is 2.15 bits per heavy atom. The predicted octanol–water partition coefficient (Wildman–Crippen LogP) is 4.86. The van der Waals surface area contributed by atoms with Crippen LogP contribution in [0.5, 0.6) is 23.0 Å². The minimum atomic E-state index is -0.129. The van der Waals surface area contributed by atoms with Gasteiger partial charge >= 0.3 is 0 Å². The molecular formula is C26H28ClNO6. The largest absolute Gasteiger partial charge is 0.493 e. The summed E-state index contributed by atoms with van der Waals surface area (Å²) in [6.07, 6.45) is 6.90. The van der Waals surface area contributed by atoms with E-state index >= 15 is 0 Å². The van der Waals surface area contributed by atoms with Gasteiger partial charge in [-0.15, -0.1) is 0 Å². The van der Waals surface area contributed by atoms with Crippen LogP contribution in [0.4, 0.5) is 0 Å². The third-order valence-electron chi connectivity index (χ3n) is 5.59. The van der Waals surface area contributed by atoms with Crippen molar-refractivity contribution in [2.45, 2.75) is 25.5 Å². The van der Waals surface area contributed by atoms with Crippen LogP contribution in [0, 0.1) is 0 Å². The molecule has 0 radical (unpaired) electrons. The van der Waals surface area contributed by atoms with Gasteiger partial charge in [-0.3, -0.25) is 4.79 Å². The first-order valence-corrected chi connectivity index (χ1v) is 11.5. The van der Waals surface area contributed by atoms with Crippen LogP contribution in [0.15, 0.2) is 49.1 Å². The van der Waals surface area contributed by atoms with E-state index in [4.69, 9.17) is 35.3 Å². The number of benzene rings is 2. The highest BCUT2D eigenvalue weighted by Crippen LogP contribution is 2.40. The molecule has 2 aromatic carbocycles. The SMILES string of the molecule is C=CCOc1ccc(CN(CC2CCCO2)C(=O)/C=C/c2cc(Cl)c3c(c2)OCO3)cc1OC. The van der Waals surface area contributed by atoms with Crippen molar-refractivity contribution in [3.05, 3.63) is 65.2 Å². The third kappa shape index (κ3) is 5.85. The molecule has 180 valence electrons. The highest BCUT2D eigenvalue weighted by Gasteiger charge is 2.23. The minimum absolute atomic E-state index is 0.0226. The lowest BCUT2D eigenvalue weighted by Gasteiger charge is -2.25. The Kier molecular flexibility index (Phi) is 7.98. The molecule has 0 N–H and O–H groups in total. The van der Waals surface area contributed by atoms with Gasteiger partial charge in [0.2, 0.25) is 12.7 Å². The topological polar surface area (TPSA) is 66.5 Å². The Bertz CT molecular complexity index is 1060. The van der Waals surface area contributed by atoms with Crippen molar-refractivity contribution in [1.29, 1.82) is 0 Å². The molecule has 2 heterocycles. The molecule has 0 saturated carbocycles. The predicted molar refractivity (Wildman–Crippen MR) is 130 cm³/mol. The zero-order valence-corrected chi connectivity index (χ0v) is 19.9. The first-order chi connectivity index (χ1) is 16.6. The minimum Gasteiger partial charge on any atom is -0.493 e. The van der Waals surface area contributed by atoms with E-state index in [0.717, 1.165) is 30.6 Å². The van der Waals surface area contributed by atoms with Crippen molar-refractivity contribution in [1.82, 2.24) is 4.90 Å². The fourth-order valence-corrected chi connectivity index (χ4v) is 4.20. The van der Waals surface area contributed by atoms with E-state index in [0.29, 0.717) is 47.7 Å². The zero-order valence-electron chi connectivity index (χ0n) is 19.1. The van der Waals surface area contributed by atoms with Gasteiger partial charge < -0.3 is 28.6 Å². The molecule has 4 rings (SSSR count). The van der Waals surface area contributed by atoms with Crippen molar-refractivity contribution in [3.8, 4) is 23.0 Å². The number of carbonyl (C=O) groups excluding carboxylic acids is 1. The Labute approximate surface area is 204 Å². The summed E-state index contributed by atoms with van der Waals surface area (Å²) in [6, 6.07) is 9.20. The molecule has 0 spiro atoms. The summed E-state index contributed by atoms with van der Waals surface area (Å²) in [5.74, 6) is 2.20. The molecule has 0 bridgehead atoms. The lowest BCUT2D eigenvalue weighted by Crippen LogP contribution is -2.35. The second kappa shape index (κ2) is 11.3. The summed E-state index contributed by atoms with van der Waals surface area (Å²) in [7, 11) is 1.59. The number of nitrogens with zero attached hydrogens (tertiary/aromatic N) is 1. The first-order valence-electron chi connectivity index (χ1n) is 11.2. The molecule has 2 aliphatic heterocycles. The van der Waals surface area contributed by atoms with Crippen LogP contribution in [0.25, 0.3) is 6.08 Å². The van der Waals surface area contributed by atoms with Crippen molar-refractivity contribution in [2.75, 3.05) is 33.7 Å². The van der Waals surface area contributed by atoms with Crippen molar-refractivity contribution < 1.29 is 28.5 Å². The standard InChI is InChI=1S/C26H28ClNO6/c1-3-10-32-22-8-6-19(14-23(22)30-2)15-28(16-20-5-4-11-31-20)25(29)9-7-18-12-21(27)26-24(13-18)33-17-34-26/h3,6-9,12-14,20H,1,4-5,10-11,15-17H2,2H3/b9-7+. The highest BCUT2D eigenvalue weighted by molar-refractivity contribution is 6.32. The Hall–Kier alpha value is -3.16. The Morgan fingerprint density at radius 1 is 1.26 bits per heavy atom. The summed E-state index contributed by atoms with van der Waals surface area (Å²) in [4.78, 5) is 15.0. The van der Waals surface area contributed by atoms with Gasteiger partial charge in [-0.25, -0.2) is 0 Å². The van der Waals surface area contributed by atoms with Crippen LogP contribution in [0.3, 0.4) is 0 Å². The Morgan fingerprint density at radius 3 is 2.91 bits per heavy atom. The van der Waals surface area contributed by atoms with E-state index < -0.39 is 0 Å². The van der Waals surface area contributed by atoms with Crippen LogP contribution in [0.1, 0.15) is 24.0 Å². The lowest BCUT2D eigenvalue weighted by atomic mass is 10.1. The molecule has 0 aliphatic carbocycles. The molecule has 2 aliphatic rings. The molecule has 1 saturated heterocycles. The molecular weight excluding hydrogens is 458 g/mol. The van der Waals surface area contributed by atoms with Crippen LogP contribution in [-0.4, -0.2) is 50.6 Å².